The third-order valence-electron chi connectivity index (χ3n) is 2.98. The van der Waals surface area contributed by atoms with Crippen LogP contribution >= 0.6 is 0 Å². The zero-order chi connectivity index (χ0) is 16.3. The van der Waals surface area contributed by atoms with Gasteiger partial charge >= 0.3 is 0 Å². The molecule has 0 fully saturated rings. The molecule has 0 saturated carbocycles. The van der Waals surface area contributed by atoms with Crippen LogP contribution in [-0.4, -0.2) is 26.9 Å². The van der Waals surface area contributed by atoms with Gasteiger partial charge in [0.2, 0.25) is 15.9 Å². The lowest BCUT2D eigenvalue weighted by atomic mass is 9.87. The quantitative estimate of drug-likeness (QED) is 0.762. The molecule has 7 heteroatoms. The smallest absolute Gasteiger partial charge is 0.242 e. The van der Waals surface area contributed by atoms with Gasteiger partial charge in [0.1, 0.15) is 4.90 Å². The zero-order valence-electron chi connectivity index (χ0n) is 12.8. The maximum Gasteiger partial charge on any atom is 0.242 e. The highest BCUT2D eigenvalue weighted by molar-refractivity contribution is 7.89. The van der Waals surface area contributed by atoms with Gasteiger partial charge in [-0.05, 0) is 17.5 Å². The van der Waals surface area contributed by atoms with Gasteiger partial charge in [0.05, 0.1) is 11.7 Å². The molecule has 0 aliphatic carbocycles. The molecule has 1 rings (SSSR count). The van der Waals surface area contributed by atoms with Crippen molar-refractivity contribution in [1.29, 1.82) is 0 Å². The summed E-state index contributed by atoms with van der Waals surface area (Å²) in [6.07, 6.45) is 0. The van der Waals surface area contributed by atoms with Crippen LogP contribution < -0.4 is 15.8 Å². The Bertz CT molecular complexity index is 606. The van der Waals surface area contributed by atoms with E-state index in [-0.39, 0.29) is 17.1 Å². The number of para-hydroxylation sites is 1. The lowest BCUT2D eigenvalue weighted by molar-refractivity contribution is -0.119. The Hall–Kier alpha value is -1.44. The second-order valence-electron chi connectivity index (χ2n) is 5.83. The van der Waals surface area contributed by atoms with Crippen molar-refractivity contribution in [2.45, 2.75) is 38.6 Å². The fourth-order valence-corrected chi connectivity index (χ4v) is 2.88. The number of benzene rings is 1. The van der Waals surface area contributed by atoms with E-state index in [1.165, 1.54) is 12.1 Å². The standard InChI is InChI=1S/C14H23N3O3S/c1-5-16-21(19,20)11-9-7-6-8-10(11)17-13(18)12(15)14(2,3)4/h6-9,12,16H,5,15H2,1-4H3,(H,17,18). The number of amides is 1. The van der Waals surface area contributed by atoms with Crippen molar-refractivity contribution in [3.05, 3.63) is 24.3 Å². The first-order chi connectivity index (χ1) is 9.59. The molecule has 1 atom stereocenters. The van der Waals surface area contributed by atoms with E-state index in [2.05, 4.69) is 10.0 Å². The highest BCUT2D eigenvalue weighted by Gasteiger charge is 2.28. The molecule has 0 spiro atoms. The van der Waals surface area contributed by atoms with Crippen molar-refractivity contribution in [2.75, 3.05) is 11.9 Å². The molecule has 0 aromatic heterocycles. The zero-order valence-corrected chi connectivity index (χ0v) is 13.6. The second-order valence-corrected chi connectivity index (χ2v) is 7.57. The highest BCUT2D eigenvalue weighted by Crippen LogP contribution is 2.23. The molecule has 6 nitrogen and oxygen atoms in total. The molecule has 21 heavy (non-hydrogen) atoms. The van der Waals surface area contributed by atoms with Crippen molar-refractivity contribution in [3.8, 4) is 0 Å². The van der Waals surface area contributed by atoms with Gasteiger partial charge < -0.3 is 11.1 Å². The van der Waals surface area contributed by atoms with E-state index < -0.39 is 27.4 Å². The molecule has 0 radical (unpaired) electrons. The Morgan fingerprint density at radius 1 is 1.29 bits per heavy atom. The normalized spacial score (nSPS) is 13.8. The summed E-state index contributed by atoms with van der Waals surface area (Å²) in [5.41, 5.74) is 5.69. The molecular formula is C14H23N3O3S. The van der Waals surface area contributed by atoms with Crippen molar-refractivity contribution >= 4 is 21.6 Å². The first-order valence-electron chi connectivity index (χ1n) is 6.74. The van der Waals surface area contributed by atoms with Gasteiger partial charge in [-0.25, -0.2) is 13.1 Å². The molecule has 118 valence electrons. The van der Waals surface area contributed by atoms with Crippen LogP contribution in [0.2, 0.25) is 0 Å². The van der Waals surface area contributed by atoms with Gasteiger partial charge in [-0.3, -0.25) is 4.79 Å². The molecule has 0 aliphatic rings. The van der Waals surface area contributed by atoms with Crippen molar-refractivity contribution in [2.24, 2.45) is 11.1 Å². The van der Waals surface area contributed by atoms with Crippen LogP contribution in [0.5, 0.6) is 0 Å². The number of rotatable bonds is 5. The van der Waals surface area contributed by atoms with Crippen LogP contribution in [0, 0.1) is 5.41 Å². The largest absolute Gasteiger partial charge is 0.323 e. The molecule has 0 heterocycles. The maximum atomic E-state index is 12.1. The van der Waals surface area contributed by atoms with E-state index in [0.717, 1.165) is 0 Å². The van der Waals surface area contributed by atoms with E-state index in [1.807, 2.05) is 20.8 Å². The van der Waals surface area contributed by atoms with E-state index in [0.29, 0.717) is 0 Å². The molecule has 1 aromatic rings. The van der Waals surface area contributed by atoms with Gasteiger partial charge in [0.15, 0.2) is 0 Å². The topological polar surface area (TPSA) is 101 Å². The minimum atomic E-state index is -3.65. The number of hydrogen-bond donors (Lipinski definition) is 3. The molecule has 0 saturated heterocycles. The number of carbonyl (C=O) groups is 1. The fraction of sp³-hybridized carbons (Fsp3) is 0.500. The van der Waals surface area contributed by atoms with Gasteiger partial charge in [-0.15, -0.1) is 0 Å². The molecule has 1 unspecified atom stereocenters. The number of sulfonamides is 1. The first-order valence-corrected chi connectivity index (χ1v) is 8.23. The molecule has 4 N–H and O–H groups in total. The Morgan fingerprint density at radius 3 is 2.38 bits per heavy atom. The molecule has 0 bridgehead atoms. The van der Waals surface area contributed by atoms with Crippen LogP contribution in [0.3, 0.4) is 0 Å². The van der Waals surface area contributed by atoms with Crippen LogP contribution in [0.15, 0.2) is 29.2 Å². The van der Waals surface area contributed by atoms with E-state index in [1.54, 1.807) is 19.1 Å². The van der Waals surface area contributed by atoms with Crippen molar-refractivity contribution < 1.29 is 13.2 Å². The van der Waals surface area contributed by atoms with E-state index in [4.69, 9.17) is 5.73 Å². The molecular weight excluding hydrogens is 290 g/mol. The van der Waals surface area contributed by atoms with Gasteiger partial charge in [-0.2, -0.15) is 0 Å². The minimum absolute atomic E-state index is 0.0290. The summed E-state index contributed by atoms with van der Waals surface area (Å²) in [4.78, 5) is 12.2. The summed E-state index contributed by atoms with van der Waals surface area (Å²) < 4.78 is 26.6. The predicted octanol–water partition coefficient (Wildman–Crippen LogP) is 1.30. The summed E-state index contributed by atoms with van der Waals surface area (Å²) in [6, 6.07) is 5.49. The maximum absolute atomic E-state index is 12.1. The summed E-state index contributed by atoms with van der Waals surface area (Å²) >= 11 is 0. The Balaban J connectivity index is 3.09. The average molecular weight is 313 g/mol. The predicted molar refractivity (Wildman–Crippen MR) is 83.4 cm³/mol. The van der Waals surface area contributed by atoms with E-state index >= 15 is 0 Å². The molecule has 1 amide bonds. The summed E-state index contributed by atoms with van der Waals surface area (Å²) in [7, 11) is -3.65. The highest BCUT2D eigenvalue weighted by atomic mass is 32.2. The monoisotopic (exact) mass is 313 g/mol. The van der Waals surface area contributed by atoms with Crippen molar-refractivity contribution in [1.82, 2.24) is 4.72 Å². The van der Waals surface area contributed by atoms with Crippen LogP contribution in [0.4, 0.5) is 5.69 Å². The molecule has 0 aliphatic heterocycles. The van der Waals surface area contributed by atoms with Crippen LogP contribution in [0.1, 0.15) is 27.7 Å². The van der Waals surface area contributed by atoms with Gasteiger partial charge in [0, 0.05) is 6.54 Å². The van der Waals surface area contributed by atoms with Crippen molar-refractivity contribution in [3.63, 3.8) is 0 Å². The fourth-order valence-electron chi connectivity index (χ4n) is 1.68. The second kappa shape index (κ2) is 6.55. The number of hydrogen-bond acceptors (Lipinski definition) is 4. The number of anilines is 1. The number of carbonyl (C=O) groups excluding carboxylic acids is 1. The van der Waals surface area contributed by atoms with E-state index in [9.17, 15) is 13.2 Å². The third kappa shape index (κ3) is 4.52. The third-order valence-corrected chi connectivity index (χ3v) is 4.59. The average Bonchev–Trinajstić information content (AvgIpc) is 2.37. The number of nitrogens with two attached hydrogens (primary N) is 1. The first kappa shape index (κ1) is 17.6. The lowest BCUT2D eigenvalue weighted by Crippen LogP contribution is -2.45. The van der Waals surface area contributed by atoms with Gasteiger partial charge in [0.25, 0.3) is 0 Å². The van der Waals surface area contributed by atoms with Crippen LogP contribution in [0.25, 0.3) is 0 Å². The Kier molecular flexibility index (Phi) is 5.49. The Labute approximate surface area is 126 Å². The lowest BCUT2D eigenvalue weighted by Gasteiger charge is -2.26. The Morgan fingerprint density at radius 2 is 1.86 bits per heavy atom. The number of nitrogens with one attached hydrogen (secondary N) is 2. The summed E-state index contributed by atoms with van der Waals surface area (Å²) in [5.74, 6) is -0.415. The minimum Gasteiger partial charge on any atom is -0.323 e. The summed E-state index contributed by atoms with van der Waals surface area (Å²) in [5, 5.41) is 2.60. The van der Waals surface area contributed by atoms with Gasteiger partial charge in [-0.1, -0.05) is 39.8 Å². The SMILES string of the molecule is CCNS(=O)(=O)c1ccccc1NC(=O)C(N)C(C)(C)C. The molecule has 1 aromatic carbocycles. The summed E-state index contributed by atoms with van der Waals surface area (Å²) in [6.45, 7) is 7.50. The van der Waals surface area contributed by atoms with Crippen LogP contribution in [-0.2, 0) is 14.8 Å².